The normalized spacial score (nSPS) is 12.9. The quantitative estimate of drug-likeness (QED) is 0.469. The molecule has 0 unspecified atom stereocenters. The Kier molecular flexibility index (Phi) is 6.58. The first-order valence-electron chi connectivity index (χ1n) is 10.8. The molecule has 0 spiro atoms. The molecule has 8 heteroatoms. The number of amides is 2. The lowest BCUT2D eigenvalue weighted by molar-refractivity contribution is -0.116. The largest absolute Gasteiger partial charge is 0.478 e. The maximum atomic E-state index is 13.3. The van der Waals surface area contributed by atoms with Crippen molar-refractivity contribution in [2.75, 3.05) is 11.9 Å². The SMILES string of the molecule is C[C@H](CC(=O)Nc1ccc(F)cc1C(=O)O)NC(=O)OCC1c2ccccc2-c2ccccc21. The zero-order valence-corrected chi connectivity index (χ0v) is 18.4. The summed E-state index contributed by atoms with van der Waals surface area (Å²) in [4.78, 5) is 36.0. The Hall–Kier alpha value is -4.20. The fraction of sp³-hybridized carbons (Fsp3) is 0.192. The van der Waals surface area contributed by atoms with E-state index in [-0.39, 0.29) is 30.2 Å². The van der Waals surface area contributed by atoms with Crippen LogP contribution < -0.4 is 10.6 Å². The summed E-state index contributed by atoms with van der Waals surface area (Å²) in [6, 6.07) is 18.5. The van der Waals surface area contributed by atoms with Gasteiger partial charge < -0.3 is 20.5 Å². The number of fused-ring (bicyclic) bond motifs is 3. The van der Waals surface area contributed by atoms with Crippen molar-refractivity contribution in [1.29, 1.82) is 0 Å². The Labute approximate surface area is 195 Å². The predicted octanol–water partition coefficient (Wildman–Crippen LogP) is 4.78. The highest BCUT2D eigenvalue weighted by Crippen LogP contribution is 2.44. The van der Waals surface area contributed by atoms with Gasteiger partial charge in [-0.25, -0.2) is 14.0 Å². The third-order valence-corrected chi connectivity index (χ3v) is 5.69. The molecule has 1 atom stereocenters. The average Bonchev–Trinajstić information content (AvgIpc) is 3.12. The van der Waals surface area contributed by atoms with Crippen LogP contribution in [0.5, 0.6) is 0 Å². The number of benzene rings is 3. The Bertz CT molecular complexity index is 1210. The van der Waals surface area contributed by atoms with E-state index in [2.05, 4.69) is 10.6 Å². The molecule has 3 aromatic carbocycles. The Morgan fingerprint density at radius 2 is 1.62 bits per heavy atom. The van der Waals surface area contributed by atoms with Gasteiger partial charge in [-0.15, -0.1) is 0 Å². The molecule has 1 aliphatic rings. The molecule has 0 radical (unpaired) electrons. The standard InChI is InChI=1S/C26H23FN2O5/c1-15(12-24(30)29-23-11-10-16(27)13-21(23)25(31)32)28-26(33)34-14-22-19-8-4-2-6-17(19)18-7-3-5-9-20(18)22/h2-11,13,15,22H,12,14H2,1H3,(H,28,33)(H,29,30)(H,31,32)/t15-/m1/s1. The van der Waals surface area contributed by atoms with Gasteiger partial charge in [-0.05, 0) is 47.4 Å². The average molecular weight is 462 g/mol. The summed E-state index contributed by atoms with van der Waals surface area (Å²) in [7, 11) is 0. The molecule has 4 rings (SSSR count). The van der Waals surface area contributed by atoms with Crippen molar-refractivity contribution in [2.45, 2.75) is 25.3 Å². The predicted molar refractivity (Wildman–Crippen MR) is 124 cm³/mol. The van der Waals surface area contributed by atoms with E-state index in [4.69, 9.17) is 4.74 Å². The second-order valence-corrected chi connectivity index (χ2v) is 8.12. The van der Waals surface area contributed by atoms with E-state index in [1.165, 1.54) is 6.07 Å². The number of carboxylic acids is 1. The van der Waals surface area contributed by atoms with Crippen LogP contribution in [0.2, 0.25) is 0 Å². The topological polar surface area (TPSA) is 105 Å². The van der Waals surface area contributed by atoms with E-state index in [1.54, 1.807) is 6.92 Å². The van der Waals surface area contributed by atoms with Crippen LogP contribution in [0.1, 0.15) is 40.7 Å². The van der Waals surface area contributed by atoms with Gasteiger partial charge in [0.1, 0.15) is 12.4 Å². The minimum absolute atomic E-state index is 0.0211. The fourth-order valence-corrected chi connectivity index (χ4v) is 4.17. The maximum absolute atomic E-state index is 13.3. The minimum Gasteiger partial charge on any atom is -0.478 e. The highest BCUT2D eigenvalue weighted by molar-refractivity contribution is 6.00. The molecule has 7 nitrogen and oxygen atoms in total. The first-order chi connectivity index (χ1) is 16.3. The van der Waals surface area contributed by atoms with Gasteiger partial charge in [0, 0.05) is 18.4 Å². The zero-order chi connectivity index (χ0) is 24.2. The number of anilines is 1. The van der Waals surface area contributed by atoms with Crippen molar-refractivity contribution < 1.29 is 28.6 Å². The molecule has 34 heavy (non-hydrogen) atoms. The number of alkyl carbamates (subject to hydrolysis) is 1. The van der Waals surface area contributed by atoms with E-state index < -0.39 is 29.8 Å². The Morgan fingerprint density at radius 1 is 1.00 bits per heavy atom. The van der Waals surface area contributed by atoms with Gasteiger partial charge in [-0.3, -0.25) is 4.79 Å². The molecule has 174 valence electrons. The minimum atomic E-state index is -1.36. The number of rotatable bonds is 7. The number of nitrogens with one attached hydrogen (secondary N) is 2. The van der Waals surface area contributed by atoms with Crippen LogP contribution in [0.4, 0.5) is 14.9 Å². The number of carbonyl (C=O) groups excluding carboxylic acids is 2. The first-order valence-corrected chi connectivity index (χ1v) is 10.8. The molecule has 0 saturated heterocycles. The van der Waals surface area contributed by atoms with Gasteiger partial charge in [0.2, 0.25) is 5.91 Å². The van der Waals surface area contributed by atoms with Gasteiger partial charge in [0.25, 0.3) is 0 Å². The number of hydrogen-bond acceptors (Lipinski definition) is 4. The summed E-state index contributed by atoms with van der Waals surface area (Å²) >= 11 is 0. The molecule has 3 aromatic rings. The van der Waals surface area contributed by atoms with E-state index in [9.17, 15) is 23.9 Å². The van der Waals surface area contributed by atoms with E-state index in [0.29, 0.717) is 0 Å². The first kappa shape index (κ1) is 23.0. The van der Waals surface area contributed by atoms with Crippen molar-refractivity contribution in [3.8, 4) is 11.1 Å². The third kappa shape index (κ3) is 4.91. The lowest BCUT2D eigenvalue weighted by Crippen LogP contribution is -2.36. The number of ether oxygens (including phenoxy) is 1. The monoisotopic (exact) mass is 462 g/mol. The van der Waals surface area contributed by atoms with Crippen molar-refractivity contribution in [3.63, 3.8) is 0 Å². The van der Waals surface area contributed by atoms with Crippen molar-refractivity contribution in [2.24, 2.45) is 0 Å². The second-order valence-electron chi connectivity index (χ2n) is 8.12. The number of halogens is 1. The molecule has 0 heterocycles. The molecule has 0 bridgehead atoms. The highest BCUT2D eigenvalue weighted by atomic mass is 19.1. The lowest BCUT2D eigenvalue weighted by atomic mass is 9.98. The Balaban J connectivity index is 1.32. The van der Waals surface area contributed by atoms with E-state index in [0.717, 1.165) is 34.4 Å². The number of aromatic carboxylic acids is 1. The van der Waals surface area contributed by atoms with Gasteiger partial charge >= 0.3 is 12.1 Å². The summed E-state index contributed by atoms with van der Waals surface area (Å²) in [5, 5.41) is 14.2. The third-order valence-electron chi connectivity index (χ3n) is 5.69. The molecule has 2 amide bonds. The summed E-state index contributed by atoms with van der Waals surface area (Å²) in [5.74, 6) is -2.69. The fourth-order valence-electron chi connectivity index (χ4n) is 4.17. The van der Waals surface area contributed by atoms with E-state index in [1.807, 2.05) is 48.5 Å². The van der Waals surface area contributed by atoms with Crippen LogP contribution in [0, 0.1) is 5.82 Å². The van der Waals surface area contributed by atoms with Gasteiger partial charge in [-0.2, -0.15) is 0 Å². The number of hydrogen-bond donors (Lipinski definition) is 3. The van der Waals surface area contributed by atoms with Gasteiger partial charge in [0.15, 0.2) is 0 Å². The number of carboxylic acid groups (broad SMARTS) is 1. The zero-order valence-electron chi connectivity index (χ0n) is 18.4. The van der Waals surface area contributed by atoms with Crippen molar-refractivity contribution >= 4 is 23.7 Å². The van der Waals surface area contributed by atoms with Crippen LogP contribution in [-0.4, -0.2) is 35.7 Å². The molecule has 0 aromatic heterocycles. The van der Waals surface area contributed by atoms with Crippen LogP contribution in [0.15, 0.2) is 66.7 Å². The van der Waals surface area contributed by atoms with Gasteiger partial charge in [-0.1, -0.05) is 48.5 Å². The molecule has 0 fully saturated rings. The summed E-state index contributed by atoms with van der Waals surface area (Å²) < 4.78 is 18.8. The van der Waals surface area contributed by atoms with Crippen LogP contribution in [0.3, 0.4) is 0 Å². The summed E-state index contributed by atoms with van der Waals surface area (Å²) in [5.41, 5.74) is 4.06. The van der Waals surface area contributed by atoms with Crippen LogP contribution in [0.25, 0.3) is 11.1 Å². The summed E-state index contributed by atoms with van der Waals surface area (Å²) in [6.45, 7) is 1.78. The molecule has 3 N–H and O–H groups in total. The lowest BCUT2D eigenvalue weighted by Gasteiger charge is -2.17. The molecule has 1 aliphatic carbocycles. The molecule has 0 saturated carbocycles. The molecular formula is C26H23FN2O5. The van der Waals surface area contributed by atoms with Gasteiger partial charge in [0.05, 0.1) is 11.3 Å². The maximum Gasteiger partial charge on any atom is 0.407 e. The summed E-state index contributed by atoms with van der Waals surface area (Å²) in [6.07, 6.45) is -0.782. The number of carbonyl (C=O) groups is 3. The Morgan fingerprint density at radius 3 is 2.24 bits per heavy atom. The van der Waals surface area contributed by atoms with Crippen molar-refractivity contribution in [1.82, 2.24) is 5.32 Å². The second kappa shape index (κ2) is 9.74. The van der Waals surface area contributed by atoms with Crippen LogP contribution >= 0.6 is 0 Å². The highest BCUT2D eigenvalue weighted by Gasteiger charge is 2.29. The molecule has 0 aliphatic heterocycles. The molecular weight excluding hydrogens is 439 g/mol. The smallest absolute Gasteiger partial charge is 0.407 e. The van der Waals surface area contributed by atoms with Crippen molar-refractivity contribution in [3.05, 3.63) is 89.2 Å². The van der Waals surface area contributed by atoms with Crippen LogP contribution in [-0.2, 0) is 9.53 Å². The van der Waals surface area contributed by atoms with E-state index >= 15 is 0 Å².